The summed E-state index contributed by atoms with van der Waals surface area (Å²) in [5, 5.41) is 0. The average Bonchev–Trinajstić information content (AvgIpc) is 3.16. The maximum absolute atomic E-state index is 14.1. The van der Waals surface area contributed by atoms with Gasteiger partial charge in [-0.25, -0.2) is 9.69 Å². The van der Waals surface area contributed by atoms with Gasteiger partial charge in [-0.2, -0.15) is 0 Å². The van der Waals surface area contributed by atoms with Crippen molar-refractivity contribution in [1.29, 1.82) is 0 Å². The highest BCUT2D eigenvalue weighted by Crippen LogP contribution is 2.70. The first-order chi connectivity index (χ1) is 17.2. The van der Waals surface area contributed by atoms with Crippen LogP contribution in [0.2, 0.25) is 0 Å². The number of benzene rings is 3. The van der Waals surface area contributed by atoms with E-state index in [2.05, 4.69) is 31.9 Å². The Hall–Kier alpha value is -2.77. The standard InChI is InChI=1S/C29H23Br2NO4/c1-16(2)15-36-27(35)17-8-7-9-18(14-17)32-25(33)23-24(26(32)34)29(31)20-11-4-3-10-19(20)28(23,30)21-12-5-6-13-22(21)29/h3-14,16,23-24H,15H2,1-2H3/t23-,24+,28?,29?. The van der Waals surface area contributed by atoms with Crippen LogP contribution in [-0.4, -0.2) is 24.4 Å². The lowest BCUT2D eigenvalue weighted by molar-refractivity contribution is -0.122. The normalized spacial score (nSPS) is 27.6. The topological polar surface area (TPSA) is 63.7 Å². The first-order valence-corrected chi connectivity index (χ1v) is 13.5. The molecule has 5 nitrogen and oxygen atoms in total. The van der Waals surface area contributed by atoms with Crippen LogP contribution in [0.1, 0.15) is 46.5 Å². The van der Waals surface area contributed by atoms with Gasteiger partial charge in [-0.3, -0.25) is 9.59 Å². The van der Waals surface area contributed by atoms with Gasteiger partial charge in [0.15, 0.2) is 0 Å². The van der Waals surface area contributed by atoms with Gasteiger partial charge in [0.2, 0.25) is 11.8 Å². The van der Waals surface area contributed by atoms with Crippen molar-refractivity contribution in [2.24, 2.45) is 17.8 Å². The highest BCUT2D eigenvalue weighted by atomic mass is 79.9. The molecule has 7 rings (SSSR count). The summed E-state index contributed by atoms with van der Waals surface area (Å²) in [4.78, 5) is 42.2. The fraction of sp³-hybridized carbons (Fsp3) is 0.276. The molecule has 1 fully saturated rings. The number of esters is 1. The van der Waals surface area contributed by atoms with Gasteiger partial charge in [0, 0.05) is 0 Å². The molecule has 0 aromatic heterocycles. The zero-order valence-electron chi connectivity index (χ0n) is 19.7. The summed E-state index contributed by atoms with van der Waals surface area (Å²) >= 11 is 8.01. The summed E-state index contributed by atoms with van der Waals surface area (Å²) in [6.07, 6.45) is 0. The predicted octanol–water partition coefficient (Wildman–Crippen LogP) is 5.91. The van der Waals surface area contributed by atoms with Crippen LogP contribution in [-0.2, 0) is 23.0 Å². The monoisotopic (exact) mass is 607 g/mol. The third-order valence-corrected chi connectivity index (χ3v) is 10.2. The number of rotatable bonds is 4. The smallest absolute Gasteiger partial charge is 0.338 e. The van der Waals surface area contributed by atoms with E-state index >= 15 is 0 Å². The highest BCUT2D eigenvalue weighted by Gasteiger charge is 2.72. The number of carbonyl (C=O) groups excluding carboxylic acids is 3. The zero-order valence-corrected chi connectivity index (χ0v) is 22.9. The molecule has 2 atom stereocenters. The van der Waals surface area contributed by atoms with Crippen molar-refractivity contribution in [1.82, 2.24) is 0 Å². The van der Waals surface area contributed by atoms with Crippen LogP contribution in [0.15, 0.2) is 72.8 Å². The number of alkyl halides is 2. The van der Waals surface area contributed by atoms with Gasteiger partial charge < -0.3 is 4.74 Å². The summed E-state index contributed by atoms with van der Waals surface area (Å²) in [5.74, 6) is -2.18. The summed E-state index contributed by atoms with van der Waals surface area (Å²) in [5.41, 5.74) is 4.61. The summed E-state index contributed by atoms with van der Waals surface area (Å²) in [6.45, 7) is 4.22. The Morgan fingerprint density at radius 3 is 1.75 bits per heavy atom. The van der Waals surface area contributed by atoms with E-state index in [1.165, 1.54) is 4.90 Å². The van der Waals surface area contributed by atoms with E-state index in [1.807, 2.05) is 62.4 Å². The third kappa shape index (κ3) is 2.96. The van der Waals surface area contributed by atoms with Crippen molar-refractivity contribution in [3.63, 3.8) is 0 Å². The average molecular weight is 609 g/mol. The first kappa shape index (κ1) is 23.6. The Morgan fingerprint density at radius 1 is 0.833 bits per heavy atom. The lowest BCUT2D eigenvalue weighted by atomic mass is 9.54. The molecule has 0 saturated carbocycles. The zero-order chi connectivity index (χ0) is 25.4. The molecular weight excluding hydrogens is 586 g/mol. The van der Waals surface area contributed by atoms with Crippen molar-refractivity contribution >= 4 is 55.3 Å². The van der Waals surface area contributed by atoms with Crippen molar-refractivity contribution in [3.05, 3.63) is 101 Å². The molecule has 2 bridgehead atoms. The summed E-state index contributed by atoms with van der Waals surface area (Å²) < 4.78 is 3.67. The minimum absolute atomic E-state index is 0.200. The van der Waals surface area contributed by atoms with Gasteiger partial charge in [0.05, 0.1) is 38.3 Å². The van der Waals surface area contributed by atoms with Crippen LogP contribution in [0.3, 0.4) is 0 Å². The molecule has 0 unspecified atom stereocenters. The van der Waals surface area contributed by atoms with Gasteiger partial charge in [-0.1, -0.05) is 100 Å². The lowest BCUT2D eigenvalue weighted by Crippen LogP contribution is -2.56. The molecule has 1 aliphatic heterocycles. The third-order valence-electron chi connectivity index (χ3n) is 7.47. The molecule has 2 amide bonds. The quantitative estimate of drug-likeness (QED) is 0.210. The molecule has 4 aliphatic rings. The number of nitrogens with zero attached hydrogens (tertiary/aromatic N) is 1. The van der Waals surface area contributed by atoms with Crippen LogP contribution < -0.4 is 4.90 Å². The Morgan fingerprint density at radius 2 is 1.31 bits per heavy atom. The Labute approximate surface area is 226 Å². The van der Waals surface area contributed by atoms with E-state index in [0.29, 0.717) is 17.9 Å². The molecule has 3 aliphatic carbocycles. The second-order valence-corrected chi connectivity index (χ2v) is 12.5. The van der Waals surface area contributed by atoms with Gasteiger partial charge in [0.25, 0.3) is 0 Å². The van der Waals surface area contributed by atoms with Gasteiger partial charge in [-0.05, 0) is 46.4 Å². The number of amides is 2. The Balaban J connectivity index is 1.49. The fourth-order valence-corrected chi connectivity index (χ4v) is 8.32. The van der Waals surface area contributed by atoms with Crippen molar-refractivity contribution in [2.75, 3.05) is 11.5 Å². The van der Waals surface area contributed by atoms with Crippen LogP contribution in [0.5, 0.6) is 0 Å². The van der Waals surface area contributed by atoms with Crippen molar-refractivity contribution in [2.45, 2.75) is 22.5 Å². The van der Waals surface area contributed by atoms with E-state index in [9.17, 15) is 14.4 Å². The number of hydrogen-bond acceptors (Lipinski definition) is 4. The molecule has 36 heavy (non-hydrogen) atoms. The second kappa shape index (κ2) is 8.12. The molecule has 7 heteroatoms. The molecule has 1 heterocycles. The number of halogens is 2. The summed E-state index contributed by atoms with van der Waals surface area (Å²) in [6, 6.07) is 22.5. The molecule has 3 aromatic rings. The van der Waals surface area contributed by atoms with E-state index in [0.717, 1.165) is 22.3 Å². The molecular formula is C29H23Br2NO4. The van der Waals surface area contributed by atoms with E-state index in [1.54, 1.807) is 24.3 Å². The largest absolute Gasteiger partial charge is 0.462 e. The van der Waals surface area contributed by atoms with Crippen LogP contribution in [0.25, 0.3) is 0 Å². The number of imide groups is 1. The fourth-order valence-electron chi connectivity index (χ4n) is 6.02. The number of hydrogen-bond donors (Lipinski definition) is 0. The van der Waals surface area contributed by atoms with Gasteiger partial charge in [-0.15, -0.1) is 0 Å². The number of carbonyl (C=O) groups is 3. The number of anilines is 1. The van der Waals surface area contributed by atoms with Gasteiger partial charge >= 0.3 is 5.97 Å². The Bertz CT molecular complexity index is 1330. The molecule has 182 valence electrons. The van der Waals surface area contributed by atoms with Crippen LogP contribution in [0.4, 0.5) is 5.69 Å². The maximum Gasteiger partial charge on any atom is 0.338 e. The highest BCUT2D eigenvalue weighted by molar-refractivity contribution is 9.10. The number of ether oxygens (including phenoxy) is 1. The van der Waals surface area contributed by atoms with Crippen molar-refractivity contribution in [3.8, 4) is 0 Å². The maximum atomic E-state index is 14.1. The molecule has 0 N–H and O–H groups in total. The summed E-state index contributed by atoms with van der Waals surface area (Å²) in [7, 11) is 0. The van der Waals surface area contributed by atoms with Crippen LogP contribution in [0, 0.1) is 17.8 Å². The molecule has 1 saturated heterocycles. The van der Waals surface area contributed by atoms with E-state index in [-0.39, 0.29) is 17.7 Å². The first-order valence-electron chi connectivity index (χ1n) is 11.9. The molecule has 0 radical (unpaired) electrons. The minimum Gasteiger partial charge on any atom is -0.462 e. The van der Waals surface area contributed by atoms with Gasteiger partial charge in [0.1, 0.15) is 0 Å². The molecule has 0 spiro atoms. The van der Waals surface area contributed by atoms with E-state index in [4.69, 9.17) is 4.74 Å². The second-order valence-electron chi connectivity index (χ2n) is 10.0. The van der Waals surface area contributed by atoms with Crippen molar-refractivity contribution < 1.29 is 19.1 Å². The predicted molar refractivity (Wildman–Crippen MR) is 143 cm³/mol. The SMILES string of the molecule is CC(C)COC(=O)c1cccc(N2C(=O)[C@@H]3[C@H](C2=O)C2(Br)c4ccccc4C3(Br)c3ccccc32)c1. The Kier molecular flexibility index (Phi) is 5.33. The lowest BCUT2D eigenvalue weighted by Gasteiger charge is -2.55. The minimum atomic E-state index is -0.852. The molecule has 3 aromatic carbocycles. The van der Waals surface area contributed by atoms with E-state index < -0.39 is 26.5 Å². The van der Waals surface area contributed by atoms with Crippen LogP contribution >= 0.6 is 31.9 Å².